The molecule has 2 nitrogen and oxygen atoms in total. The first kappa shape index (κ1) is 12.7. The molecule has 0 radical (unpaired) electrons. The predicted octanol–water partition coefficient (Wildman–Crippen LogP) is 3.31. The van der Waals surface area contributed by atoms with Gasteiger partial charge in [-0.1, -0.05) is 13.0 Å². The Hall–Kier alpha value is -1.74. The minimum Gasteiger partial charge on any atom is -0.313 e. The van der Waals surface area contributed by atoms with Crippen LogP contribution in [0.5, 0.6) is 0 Å². The van der Waals surface area contributed by atoms with Crippen molar-refractivity contribution < 1.29 is 4.39 Å². The maximum atomic E-state index is 13.7. The molecule has 1 N–H and O–H groups in total. The van der Waals surface area contributed by atoms with Crippen molar-refractivity contribution in [2.45, 2.75) is 20.4 Å². The van der Waals surface area contributed by atoms with Gasteiger partial charge in [-0.2, -0.15) is 0 Å². The number of rotatable bonds is 4. The van der Waals surface area contributed by atoms with E-state index < -0.39 is 0 Å². The van der Waals surface area contributed by atoms with Crippen molar-refractivity contribution in [2.75, 3.05) is 6.54 Å². The standard InChI is InChI=1S/C15H17FN2/c1-3-17-10-13-8-12(4-5-15(13)16)14-6-7-18-9-11(14)2/h4-9,17H,3,10H2,1-2H3. The zero-order chi connectivity index (χ0) is 13.0. The molecule has 0 aliphatic heterocycles. The zero-order valence-electron chi connectivity index (χ0n) is 10.7. The number of nitrogens with zero attached hydrogens (tertiary/aromatic N) is 1. The SMILES string of the molecule is CCNCc1cc(-c2ccncc2C)ccc1F. The first-order valence-corrected chi connectivity index (χ1v) is 6.12. The number of aryl methyl sites for hydroxylation is 1. The van der Waals surface area contributed by atoms with E-state index in [1.54, 1.807) is 6.20 Å². The van der Waals surface area contributed by atoms with Gasteiger partial charge in [0.2, 0.25) is 0 Å². The Balaban J connectivity index is 2.38. The van der Waals surface area contributed by atoms with E-state index in [9.17, 15) is 4.39 Å². The van der Waals surface area contributed by atoms with Crippen LogP contribution in [0.3, 0.4) is 0 Å². The number of nitrogens with one attached hydrogen (secondary N) is 1. The molecule has 0 atom stereocenters. The summed E-state index contributed by atoms with van der Waals surface area (Å²) in [4.78, 5) is 4.07. The van der Waals surface area contributed by atoms with Gasteiger partial charge in [0.15, 0.2) is 0 Å². The molecule has 0 bridgehead atoms. The van der Waals surface area contributed by atoms with Gasteiger partial charge in [-0.05, 0) is 48.4 Å². The van der Waals surface area contributed by atoms with E-state index in [1.165, 1.54) is 6.07 Å². The van der Waals surface area contributed by atoms with E-state index in [0.29, 0.717) is 12.1 Å². The van der Waals surface area contributed by atoms with E-state index in [4.69, 9.17) is 0 Å². The Morgan fingerprint density at radius 3 is 2.83 bits per heavy atom. The van der Waals surface area contributed by atoms with Gasteiger partial charge in [0.25, 0.3) is 0 Å². The summed E-state index contributed by atoms with van der Waals surface area (Å²) in [7, 11) is 0. The number of benzene rings is 1. The second-order valence-corrected chi connectivity index (χ2v) is 4.28. The summed E-state index contributed by atoms with van der Waals surface area (Å²) in [6, 6.07) is 7.20. The van der Waals surface area contributed by atoms with Gasteiger partial charge in [-0.15, -0.1) is 0 Å². The van der Waals surface area contributed by atoms with Gasteiger partial charge in [0, 0.05) is 24.5 Å². The summed E-state index contributed by atoms with van der Waals surface area (Å²) < 4.78 is 13.7. The van der Waals surface area contributed by atoms with Crippen LogP contribution in [0.1, 0.15) is 18.1 Å². The minimum absolute atomic E-state index is 0.161. The zero-order valence-corrected chi connectivity index (χ0v) is 10.7. The number of pyridine rings is 1. The van der Waals surface area contributed by atoms with E-state index in [0.717, 1.165) is 23.2 Å². The molecular weight excluding hydrogens is 227 g/mol. The average molecular weight is 244 g/mol. The van der Waals surface area contributed by atoms with Gasteiger partial charge in [-0.25, -0.2) is 4.39 Å². The van der Waals surface area contributed by atoms with Crippen LogP contribution in [0.2, 0.25) is 0 Å². The van der Waals surface area contributed by atoms with Crippen LogP contribution >= 0.6 is 0 Å². The van der Waals surface area contributed by atoms with Gasteiger partial charge < -0.3 is 5.32 Å². The van der Waals surface area contributed by atoms with Crippen LogP contribution in [-0.2, 0) is 6.54 Å². The molecule has 0 saturated carbocycles. The van der Waals surface area contributed by atoms with Gasteiger partial charge in [0.05, 0.1) is 0 Å². The van der Waals surface area contributed by atoms with Crippen LogP contribution in [0.25, 0.3) is 11.1 Å². The third kappa shape index (κ3) is 2.74. The number of hydrogen-bond donors (Lipinski definition) is 1. The van der Waals surface area contributed by atoms with Crippen molar-refractivity contribution in [3.8, 4) is 11.1 Å². The summed E-state index contributed by atoms with van der Waals surface area (Å²) in [5, 5.41) is 3.15. The van der Waals surface area contributed by atoms with Crippen LogP contribution in [0, 0.1) is 12.7 Å². The van der Waals surface area contributed by atoms with Crippen molar-refractivity contribution in [1.29, 1.82) is 0 Å². The maximum Gasteiger partial charge on any atom is 0.127 e. The van der Waals surface area contributed by atoms with Crippen molar-refractivity contribution in [2.24, 2.45) is 0 Å². The molecule has 0 fully saturated rings. The molecule has 1 aromatic heterocycles. The largest absolute Gasteiger partial charge is 0.313 e. The first-order valence-electron chi connectivity index (χ1n) is 6.12. The van der Waals surface area contributed by atoms with E-state index in [-0.39, 0.29) is 5.82 Å². The topological polar surface area (TPSA) is 24.9 Å². The highest BCUT2D eigenvalue weighted by Crippen LogP contribution is 2.24. The molecule has 0 unspecified atom stereocenters. The normalized spacial score (nSPS) is 10.6. The Bertz CT molecular complexity index is 538. The summed E-state index contributed by atoms with van der Waals surface area (Å²) in [5.41, 5.74) is 3.93. The molecule has 2 aromatic rings. The molecule has 0 spiro atoms. The molecule has 0 aliphatic rings. The average Bonchev–Trinajstić information content (AvgIpc) is 2.39. The fourth-order valence-electron chi connectivity index (χ4n) is 1.93. The molecular formula is C15H17FN2. The van der Waals surface area contributed by atoms with Crippen molar-refractivity contribution in [1.82, 2.24) is 10.3 Å². The molecule has 0 saturated heterocycles. The Morgan fingerprint density at radius 1 is 1.28 bits per heavy atom. The smallest absolute Gasteiger partial charge is 0.127 e. The lowest BCUT2D eigenvalue weighted by atomic mass is 10.0. The quantitative estimate of drug-likeness (QED) is 0.892. The number of halogens is 1. The van der Waals surface area contributed by atoms with Gasteiger partial charge in [0.1, 0.15) is 5.82 Å². The van der Waals surface area contributed by atoms with Crippen LogP contribution in [0.4, 0.5) is 4.39 Å². The molecule has 1 heterocycles. The van der Waals surface area contributed by atoms with Crippen LogP contribution in [0.15, 0.2) is 36.7 Å². The van der Waals surface area contributed by atoms with Crippen LogP contribution in [-0.4, -0.2) is 11.5 Å². The fraction of sp³-hybridized carbons (Fsp3) is 0.267. The van der Waals surface area contributed by atoms with Gasteiger partial charge >= 0.3 is 0 Å². The van der Waals surface area contributed by atoms with Crippen LogP contribution < -0.4 is 5.32 Å². The summed E-state index contributed by atoms with van der Waals surface area (Å²) >= 11 is 0. The third-order valence-corrected chi connectivity index (χ3v) is 2.94. The summed E-state index contributed by atoms with van der Waals surface area (Å²) in [5.74, 6) is -0.161. The molecule has 0 amide bonds. The predicted molar refractivity (Wildman–Crippen MR) is 71.7 cm³/mol. The lowest BCUT2D eigenvalue weighted by molar-refractivity contribution is 0.593. The van der Waals surface area contributed by atoms with E-state index >= 15 is 0 Å². The maximum absolute atomic E-state index is 13.7. The molecule has 0 aliphatic carbocycles. The number of aromatic nitrogens is 1. The Labute approximate surface area is 107 Å². The monoisotopic (exact) mass is 244 g/mol. The second-order valence-electron chi connectivity index (χ2n) is 4.28. The third-order valence-electron chi connectivity index (χ3n) is 2.94. The number of hydrogen-bond acceptors (Lipinski definition) is 2. The molecule has 18 heavy (non-hydrogen) atoms. The highest BCUT2D eigenvalue weighted by Gasteiger charge is 2.06. The van der Waals surface area contributed by atoms with Crippen molar-refractivity contribution in [3.63, 3.8) is 0 Å². The van der Waals surface area contributed by atoms with Crippen molar-refractivity contribution >= 4 is 0 Å². The lowest BCUT2D eigenvalue weighted by Gasteiger charge is -2.09. The highest BCUT2D eigenvalue weighted by molar-refractivity contribution is 5.67. The Morgan fingerprint density at radius 2 is 2.11 bits per heavy atom. The highest BCUT2D eigenvalue weighted by atomic mass is 19.1. The van der Waals surface area contributed by atoms with E-state index in [2.05, 4.69) is 10.3 Å². The van der Waals surface area contributed by atoms with Crippen molar-refractivity contribution in [3.05, 3.63) is 53.6 Å². The molecule has 2 rings (SSSR count). The second kappa shape index (κ2) is 5.74. The lowest BCUT2D eigenvalue weighted by Crippen LogP contribution is -2.13. The van der Waals surface area contributed by atoms with E-state index in [1.807, 2.05) is 38.2 Å². The Kier molecular flexibility index (Phi) is 4.05. The molecule has 1 aromatic carbocycles. The first-order chi connectivity index (χ1) is 8.72. The summed E-state index contributed by atoms with van der Waals surface area (Å²) in [6.45, 7) is 5.41. The minimum atomic E-state index is -0.161. The van der Waals surface area contributed by atoms with Gasteiger partial charge in [-0.3, -0.25) is 4.98 Å². The molecule has 94 valence electrons. The molecule has 3 heteroatoms. The summed E-state index contributed by atoms with van der Waals surface area (Å²) in [6.07, 6.45) is 3.58. The fourth-order valence-corrected chi connectivity index (χ4v) is 1.93.